The van der Waals surface area contributed by atoms with Crippen molar-refractivity contribution in [1.29, 1.82) is 5.26 Å². The molecule has 1 aromatic carbocycles. The van der Waals surface area contributed by atoms with E-state index in [2.05, 4.69) is 4.99 Å². The third-order valence-electron chi connectivity index (χ3n) is 3.93. The Morgan fingerprint density at radius 1 is 1.31 bits per heavy atom. The summed E-state index contributed by atoms with van der Waals surface area (Å²) in [5, 5.41) is 21.5. The van der Waals surface area contributed by atoms with Crippen LogP contribution in [0.25, 0.3) is 0 Å². The van der Waals surface area contributed by atoms with Gasteiger partial charge >= 0.3 is 11.7 Å². The Hall–Kier alpha value is -3.70. The normalized spacial score (nSPS) is 16.2. The van der Waals surface area contributed by atoms with Gasteiger partial charge in [-0.3, -0.25) is 14.9 Å². The van der Waals surface area contributed by atoms with Crippen LogP contribution in [0, 0.1) is 21.4 Å². The molecule has 0 aliphatic carbocycles. The molecule has 0 amide bonds. The van der Waals surface area contributed by atoms with Crippen LogP contribution in [0.3, 0.4) is 0 Å². The fourth-order valence-corrected chi connectivity index (χ4v) is 3.55. The van der Waals surface area contributed by atoms with Gasteiger partial charge in [-0.05, 0) is 26.0 Å². The van der Waals surface area contributed by atoms with Crippen LogP contribution in [-0.4, -0.2) is 55.0 Å². The van der Waals surface area contributed by atoms with Gasteiger partial charge in [0.2, 0.25) is 5.50 Å². The zero-order chi connectivity index (χ0) is 24.1. The molecule has 14 heteroatoms. The topological polar surface area (TPSA) is 187 Å². The summed E-state index contributed by atoms with van der Waals surface area (Å²) in [5.74, 6) is 4.47. The molecule has 2 rings (SSSR count). The molecule has 0 saturated heterocycles. The summed E-state index contributed by atoms with van der Waals surface area (Å²) in [6.45, 7) is 3.53. The van der Waals surface area contributed by atoms with Crippen molar-refractivity contribution in [3.8, 4) is 17.6 Å². The van der Waals surface area contributed by atoms with Crippen LogP contribution in [0.5, 0.6) is 11.5 Å². The highest BCUT2D eigenvalue weighted by Gasteiger charge is 2.43. The lowest BCUT2D eigenvalue weighted by atomic mass is 10.2. The molecule has 32 heavy (non-hydrogen) atoms. The molecule has 0 saturated carbocycles. The standard InChI is InChI=1S/C18H21N5O8S/c1-4-29-12-6-11(10-19)7-13(8-12)31-17-16(23(25)26)14(9-15(24)30-5-2)21-18(22(17)20)32(3,27)28/h6-8,18H,4-5,9,20H2,1-3H3. The highest BCUT2D eigenvalue weighted by molar-refractivity contribution is 7.91. The van der Waals surface area contributed by atoms with Gasteiger partial charge in [0.15, 0.2) is 9.84 Å². The molecule has 2 N–H and O–H groups in total. The maximum Gasteiger partial charge on any atom is 0.352 e. The Bertz CT molecular complexity index is 1120. The number of nitro groups is 1. The number of nitrogens with two attached hydrogens (primary N) is 1. The number of sulfone groups is 1. The van der Waals surface area contributed by atoms with Crippen molar-refractivity contribution in [3.63, 3.8) is 0 Å². The Labute approximate surface area is 183 Å². The molecule has 0 fully saturated rings. The number of esters is 1. The van der Waals surface area contributed by atoms with E-state index in [0.717, 1.165) is 6.26 Å². The van der Waals surface area contributed by atoms with Gasteiger partial charge in [0.1, 0.15) is 17.2 Å². The summed E-state index contributed by atoms with van der Waals surface area (Å²) in [6, 6.07) is 5.92. The van der Waals surface area contributed by atoms with E-state index in [1.165, 1.54) is 18.2 Å². The molecule has 0 spiro atoms. The molecular formula is C18H21N5O8S. The van der Waals surface area contributed by atoms with Gasteiger partial charge in [0.05, 0.1) is 36.2 Å². The average molecular weight is 467 g/mol. The lowest BCUT2D eigenvalue weighted by Crippen LogP contribution is -2.50. The molecule has 172 valence electrons. The van der Waals surface area contributed by atoms with Gasteiger partial charge in [0.25, 0.3) is 5.88 Å². The van der Waals surface area contributed by atoms with Crippen LogP contribution in [0.4, 0.5) is 0 Å². The van der Waals surface area contributed by atoms with Crippen molar-refractivity contribution in [2.24, 2.45) is 10.8 Å². The van der Waals surface area contributed by atoms with E-state index in [1.807, 2.05) is 6.07 Å². The Balaban J connectivity index is 2.65. The number of aliphatic imine (C=N–C) groups is 1. The second-order valence-electron chi connectivity index (χ2n) is 6.37. The first-order chi connectivity index (χ1) is 15.0. The summed E-state index contributed by atoms with van der Waals surface area (Å²) < 4.78 is 40.1. The summed E-state index contributed by atoms with van der Waals surface area (Å²) in [4.78, 5) is 26.7. The Morgan fingerprint density at radius 3 is 2.50 bits per heavy atom. The number of carbonyl (C=O) groups excluding carboxylic acids is 1. The number of carbonyl (C=O) groups is 1. The summed E-state index contributed by atoms with van der Waals surface area (Å²) in [6.07, 6.45) is 0.139. The number of benzene rings is 1. The maximum atomic E-state index is 12.2. The van der Waals surface area contributed by atoms with E-state index in [1.54, 1.807) is 13.8 Å². The molecule has 1 heterocycles. The molecule has 1 unspecified atom stereocenters. The van der Waals surface area contributed by atoms with Gasteiger partial charge in [-0.15, -0.1) is 0 Å². The number of hydrazine groups is 1. The first-order valence-corrected chi connectivity index (χ1v) is 11.2. The number of hydrogen-bond donors (Lipinski definition) is 1. The fraction of sp³-hybridized carbons (Fsp3) is 0.389. The molecule has 1 aliphatic rings. The third kappa shape index (κ3) is 5.71. The van der Waals surface area contributed by atoms with Crippen molar-refractivity contribution in [1.82, 2.24) is 5.01 Å². The number of allylic oxidation sites excluding steroid dienone is 1. The number of ether oxygens (including phenoxy) is 3. The molecule has 13 nitrogen and oxygen atoms in total. The Kier molecular flexibility index (Phi) is 7.73. The van der Waals surface area contributed by atoms with Crippen LogP contribution >= 0.6 is 0 Å². The second-order valence-corrected chi connectivity index (χ2v) is 8.45. The Morgan fingerprint density at radius 2 is 1.97 bits per heavy atom. The van der Waals surface area contributed by atoms with Crippen molar-refractivity contribution < 1.29 is 32.3 Å². The number of nitrogens with zero attached hydrogens (tertiary/aromatic N) is 4. The summed E-state index contributed by atoms with van der Waals surface area (Å²) >= 11 is 0. The van der Waals surface area contributed by atoms with Crippen LogP contribution in [0.1, 0.15) is 25.8 Å². The van der Waals surface area contributed by atoms with Gasteiger partial charge in [-0.25, -0.2) is 24.3 Å². The summed E-state index contributed by atoms with van der Waals surface area (Å²) in [7, 11) is -4.01. The second kappa shape index (κ2) is 10.1. The first-order valence-electron chi connectivity index (χ1n) is 9.21. The van der Waals surface area contributed by atoms with Crippen molar-refractivity contribution >= 4 is 21.5 Å². The molecule has 0 aromatic heterocycles. The van der Waals surface area contributed by atoms with E-state index in [0.29, 0.717) is 5.01 Å². The van der Waals surface area contributed by atoms with E-state index in [4.69, 9.17) is 20.1 Å². The minimum Gasteiger partial charge on any atom is -0.494 e. The van der Waals surface area contributed by atoms with Gasteiger partial charge < -0.3 is 14.2 Å². The first kappa shape index (κ1) is 24.6. The highest BCUT2D eigenvalue weighted by atomic mass is 32.2. The lowest BCUT2D eigenvalue weighted by Gasteiger charge is -2.30. The van der Waals surface area contributed by atoms with E-state index in [9.17, 15) is 28.6 Å². The predicted octanol–water partition coefficient (Wildman–Crippen LogP) is 0.693. The molecular weight excluding hydrogens is 446 g/mol. The average Bonchev–Trinajstić information content (AvgIpc) is 2.69. The number of hydrogen-bond acceptors (Lipinski definition) is 12. The van der Waals surface area contributed by atoms with Crippen molar-refractivity contribution in [3.05, 3.63) is 45.5 Å². The van der Waals surface area contributed by atoms with Crippen LogP contribution in [0.2, 0.25) is 0 Å². The largest absolute Gasteiger partial charge is 0.494 e. The zero-order valence-corrected chi connectivity index (χ0v) is 18.3. The predicted molar refractivity (Wildman–Crippen MR) is 110 cm³/mol. The third-order valence-corrected chi connectivity index (χ3v) is 5.03. The number of nitriles is 1. The van der Waals surface area contributed by atoms with Gasteiger partial charge in [0, 0.05) is 12.3 Å². The molecule has 1 aromatic rings. The molecule has 0 radical (unpaired) electrons. The van der Waals surface area contributed by atoms with Crippen molar-refractivity contribution in [2.45, 2.75) is 25.8 Å². The zero-order valence-electron chi connectivity index (χ0n) is 17.5. The van der Waals surface area contributed by atoms with Crippen LogP contribution < -0.4 is 15.3 Å². The smallest absolute Gasteiger partial charge is 0.352 e. The van der Waals surface area contributed by atoms with Gasteiger partial charge in [-0.1, -0.05) is 0 Å². The molecule has 1 aliphatic heterocycles. The fourth-order valence-electron chi connectivity index (χ4n) is 2.72. The van der Waals surface area contributed by atoms with E-state index in [-0.39, 0.29) is 30.3 Å². The lowest BCUT2D eigenvalue weighted by molar-refractivity contribution is -0.419. The summed E-state index contributed by atoms with van der Waals surface area (Å²) in [5.41, 5.74) is -2.98. The van der Waals surface area contributed by atoms with E-state index < -0.39 is 49.9 Å². The van der Waals surface area contributed by atoms with Crippen LogP contribution in [-0.2, 0) is 19.4 Å². The quantitative estimate of drug-likeness (QED) is 0.233. The minimum absolute atomic E-state index is 0.00661. The van der Waals surface area contributed by atoms with Crippen LogP contribution in [0.15, 0.2) is 34.8 Å². The highest BCUT2D eigenvalue weighted by Crippen LogP contribution is 2.30. The maximum absolute atomic E-state index is 12.2. The van der Waals surface area contributed by atoms with Gasteiger partial charge in [-0.2, -0.15) is 5.26 Å². The monoisotopic (exact) mass is 467 g/mol. The van der Waals surface area contributed by atoms with E-state index >= 15 is 0 Å². The van der Waals surface area contributed by atoms with Crippen molar-refractivity contribution in [2.75, 3.05) is 19.5 Å². The minimum atomic E-state index is -4.01. The molecule has 1 atom stereocenters. The SMILES string of the molecule is CCOC(=O)CC1=NC(S(C)(=O)=O)N(N)C(Oc2cc(C#N)cc(OCC)c2)=C1[N+](=O)[O-]. The molecule has 0 bridgehead atoms. The number of rotatable bonds is 9.